The number of hydrogen-bond donors (Lipinski definition) is 2. The number of aromatic nitrogens is 2. The Kier molecular flexibility index (Phi) is 1.80. The van der Waals surface area contributed by atoms with Gasteiger partial charge in [0.1, 0.15) is 0 Å². The van der Waals surface area contributed by atoms with Crippen LogP contribution in [0.15, 0.2) is 24.4 Å². The molecule has 0 atom stereocenters. The molecule has 2 aromatic rings. The molecule has 1 aromatic carbocycles. The standard InChI is InChI=1S/C9H11N3/c1-10-5-7-3-2-4-8-6-11-12-9(7)8/h2-4,6,10H,5H2,1H3,(H,11,12). The molecule has 12 heavy (non-hydrogen) atoms. The molecule has 0 aliphatic carbocycles. The molecule has 1 heterocycles. The van der Waals surface area contributed by atoms with E-state index in [-0.39, 0.29) is 0 Å². The first-order valence-corrected chi connectivity index (χ1v) is 3.97. The summed E-state index contributed by atoms with van der Waals surface area (Å²) in [6.45, 7) is 0.875. The summed E-state index contributed by atoms with van der Waals surface area (Å²) in [5.74, 6) is 0. The van der Waals surface area contributed by atoms with Crippen molar-refractivity contribution >= 4 is 10.9 Å². The Hall–Kier alpha value is -1.35. The van der Waals surface area contributed by atoms with Gasteiger partial charge in [0.15, 0.2) is 0 Å². The highest BCUT2D eigenvalue weighted by Gasteiger charge is 1.99. The van der Waals surface area contributed by atoms with E-state index >= 15 is 0 Å². The van der Waals surface area contributed by atoms with Crippen molar-refractivity contribution in [1.29, 1.82) is 0 Å². The van der Waals surface area contributed by atoms with E-state index in [9.17, 15) is 0 Å². The van der Waals surface area contributed by atoms with Crippen LogP contribution in [-0.4, -0.2) is 17.2 Å². The third-order valence-corrected chi connectivity index (χ3v) is 1.93. The number of aromatic amines is 1. The van der Waals surface area contributed by atoms with Gasteiger partial charge < -0.3 is 5.32 Å². The van der Waals surface area contributed by atoms with Crippen LogP contribution in [0.4, 0.5) is 0 Å². The van der Waals surface area contributed by atoms with Crippen molar-refractivity contribution < 1.29 is 0 Å². The lowest BCUT2D eigenvalue weighted by molar-refractivity contribution is 0.821. The quantitative estimate of drug-likeness (QED) is 0.696. The van der Waals surface area contributed by atoms with Crippen LogP contribution < -0.4 is 5.32 Å². The summed E-state index contributed by atoms with van der Waals surface area (Å²) in [7, 11) is 1.94. The summed E-state index contributed by atoms with van der Waals surface area (Å²) < 4.78 is 0. The van der Waals surface area contributed by atoms with Gasteiger partial charge in [-0.3, -0.25) is 5.10 Å². The molecule has 1 aromatic heterocycles. The van der Waals surface area contributed by atoms with Gasteiger partial charge in [0.2, 0.25) is 0 Å². The monoisotopic (exact) mass is 161 g/mol. The zero-order valence-corrected chi connectivity index (χ0v) is 6.96. The minimum absolute atomic E-state index is 0.875. The molecule has 0 fully saturated rings. The zero-order valence-electron chi connectivity index (χ0n) is 6.96. The Morgan fingerprint density at radius 1 is 1.50 bits per heavy atom. The summed E-state index contributed by atoms with van der Waals surface area (Å²) in [6, 6.07) is 6.19. The number of benzene rings is 1. The fraction of sp³-hybridized carbons (Fsp3) is 0.222. The molecule has 2 rings (SSSR count). The number of hydrogen-bond acceptors (Lipinski definition) is 2. The maximum absolute atomic E-state index is 3.99. The summed E-state index contributed by atoms with van der Waals surface area (Å²) in [4.78, 5) is 0. The van der Waals surface area contributed by atoms with Crippen molar-refractivity contribution in [3.63, 3.8) is 0 Å². The highest BCUT2D eigenvalue weighted by Crippen LogP contribution is 2.14. The minimum Gasteiger partial charge on any atom is -0.316 e. The first kappa shape index (κ1) is 7.31. The number of fused-ring (bicyclic) bond motifs is 1. The summed E-state index contributed by atoms with van der Waals surface area (Å²) in [5.41, 5.74) is 2.39. The Balaban J connectivity index is 2.57. The van der Waals surface area contributed by atoms with Crippen LogP contribution in [0.1, 0.15) is 5.56 Å². The average molecular weight is 161 g/mol. The van der Waals surface area contributed by atoms with Crippen molar-refractivity contribution in [2.45, 2.75) is 6.54 Å². The molecule has 0 unspecified atom stereocenters. The van der Waals surface area contributed by atoms with Crippen LogP contribution in [0.2, 0.25) is 0 Å². The number of rotatable bonds is 2. The van der Waals surface area contributed by atoms with Gasteiger partial charge in [-0.25, -0.2) is 0 Å². The molecule has 0 saturated heterocycles. The fourth-order valence-electron chi connectivity index (χ4n) is 1.37. The Morgan fingerprint density at radius 3 is 3.25 bits per heavy atom. The molecule has 0 radical (unpaired) electrons. The van der Waals surface area contributed by atoms with Crippen LogP contribution in [0.25, 0.3) is 10.9 Å². The van der Waals surface area contributed by atoms with E-state index in [0.717, 1.165) is 12.1 Å². The van der Waals surface area contributed by atoms with Gasteiger partial charge in [0, 0.05) is 11.9 Å². The van der Waals surface area contributed by atoms with Gasteiger partial charge in [-0.05, 0) is 12.6 Å². The molecule has 0 aliphatic rings. The molecule has 62 valence electrons. The summed E-state index contributed by atoms with van der Waals surface area (Å²) >= 11 is 0. The van der Waals surface area contributed by atoms with E-state index < -0.39 is 0 Å². The van der Waals surface area contributed by atoms with E-state index in [1.165, 1.54) is 10.9 Å². The molecular formula is C9H11N3. The molecule has 0 amide bonds. The molecule has 3 heteroatoms. The molecule has 0 spiro atoms. The van der Waals surface area contributed by atoms with E-state index in [1.807, 2.05) is 19.3 Å². The van der Waals surface area contributed by atoms with Crippen LogP contribution >= 0.6 is 0 Å². The van der Waals surface area contributed by atoms with Crippen molar-refractivity contribution in [1.82, 2.24) is 15.5 Å². The van der Waals surface area contributed by atoms with Crippen molar-refractivity contribution in [3.05, 3.63) is 30.0 Å². The molecular weight excluding hydrogens is 150 g/mol. The molecule has 0 saturated carbocycles. The molecule has 0 bridgehead atoms. The number of nitrogens with one attached hydrogen (secondary N) is 2. The maximum Gasteiger partial charge on any atom is 0.0695 e. The van der Waals surface area contributed by atoms with Crippen molar-refractivity contribution in [3.8, 4) is 0 Å². The second-order valence-corrected chi connectivity index (χ2v) is 2.78. The number of nitrogens with zero attached hydrogens (tertiary/aromatic N) is 1. The third kappa shape index (κ3) is 1.08. The molecule has 2 N–H and O–H groups in total. The van der Waals surface area contributed by atoms with E-state index in [0.29, 0.717) is 0 Å². The number of para-hydroxylation sites is 1. The van der Waals surface area contributed by atoms with E-state index in [4.69, 9.17) is 0 Å². The Morgan fingerprint density at radius 2 is 2.42 bits per heavy atom. The van der Waals surface area contributed by atoms with Gasteiger partial charge in [-0.1, -0.05) is 18.2 Å². The Labute approximate surface area is 70.8 Å². The number of H-pyrrole nitrogens is 1. The van der Waals surface area contributed by atoms with Gasteiger partial charge in [0.05, 0.1) is 11.7 Å². The normalized spacial score (nSPS) is 10.8. The zero-order chi connectivity index (χ0) is 8.39. The SMILES string of the molecule is CNCc1cccc2cn[nH]c12. The highest BCUT2D eigenvalue weighted by molar-refractivity contribution is 5.81. The average Bonchev–Trinajstić information content (AvgIpc) is 2.53. The van der Waals surface area contributed by atoms with Gasteiger partial charge in [0.25, 0.3) is 0 Å². The smallest absolute Gasteiger partial charge is 0.0695 e. The largest absolute Gasteiger partial charge is 0.316 e. The fourth-order valence-corrected chi connectivity index (χ4v) is 1.37. The highest BCUT2D eigenvalue weighted by atomic mass is 15.1. The van der Waals surface area contributed by atoms with Crippen LogP contribution in [-0.2, 0) is 6.54 Å². The second-order valence-electron chi connectivity index (χ2n) is 2.78. The summed E-state index contributed by atoms with van der Waals surface area (Å²) in [6.07, 6.45) is 1.84. The first-order valence-electron chi connectivity index (χ1n) is 3.97. The first-order chi connectivity index (χ1) is 5.92. The van der Waals surface area contributed by atoms with Crippen LogP contribution in [0, 0.1) is 0 Å². The van der Waals surface area contributed by atoms with Gasteiger partial charge >= 0.3 is 0 Å². The van der Waals surface area contributed by atoms with Gasteiger partial charge in [-0.15, -0.1) is 0 Å². The lowest BCUT2D eigenvalue weighted by atomic mass is 10.1. The predicted molar refractivity (Wildman–Crippen MR) is 48.9 cm³/mol. The maximum atomic E-state index is 3.99. The molecule has 3 nitrogen and oxygen atoms in total. The van der Waals surface area contributed by atoms with Crippen LogP contribution in [0.5, 0.6) is 0 Å². The third-order valence-electron chi connectivity index (χ3n) is 1.93. The molecule has 0 aliphatic heterocycles. The lowest BCUT2D eigenvalue weighted by Gasteiger charge is -1.99. The van der Waals surface area contributed by atoms with Gasteiger partial charge in [-0.2, -0.15) is 5.10 Å². The van der Waals surface area contributed by atoms with Crippen LogP contribution in [0.3, 0.4) is 0 Å². The lowest BCUT2D eigenvalue weighted by Crippen LogP contribution is -2.05. The predicted octanol–water partition coefficient (Wildman–Crippen LogP) is 1.28. The van der Waals surface area contributed by atoms with E-state index in [2.05, 4.69) is 27.6 Å². The topological polar surface area (TPSA) is 40.7 Å². The Bertz CT molecular complexity index is 378. The second kappa shape index (κ2) is 2.95. The van der Waals surface area contributed by atoms with E-state index in [1.54, 1.807) is 0 Å². The van der Waals surface area contributed by atoms with Crippen molar-refractivity contribution in [2.75, 3.05) is 7.05 Å². The summed E-state index contributed by atoms with van der Waals surface area (Å²) in [5, 5.41) is 11.3. The van der Waals surface area contributed by atoms with Crippen molar-refractivity contribution in [2.24, 2.45) is 0 Å². The minimum atomic E-state index is 0.875.